The molecule has 5 nitrogen and oxygen atoms in total. The summed E-state index contributed by atoms with van der Waals surface area (Å²) >= 11 is 1.73. The number of nitrogens with one attached hydrogen (secondary N) is 1. The Kier molecular flexibility index (Phi) is 6.14. The van der Waals surface area contributed by atoms with E-state index in [9.17, 15) is 4.79 Å². The molecule has 154 valence electrons. The molecule has 0 aliphatic carbocycles. The average molecular weight is 420 g/mol. The monoisotopic (exact) mass is 419 g/mol. The van der Waals surface area contributed by atoms with Gasteiger partial charge in [0, 0.05) is 34.4 Å². The Morgan fingerprint density at radius 3 is 2.87 bits per heavy atom. The van der Waals surface area contributed by atoms with Crippen molar-refractivity contribution in [2.45, 2.75) is 26.8 Å². The van der Waals surface area contributed by atoms with Crippen molar-refractivity contribution in [3.8, 4) is 5.75 Å². The molecule has 3 aromatic heterocycles. The van der Waals surface area contributed by atoms with Crippen LogP contribution in [0.3, 0.4) is 0 Å². The molecule has 1 N–H and O–H groups in total. The Morgan fingerprint density at radius 2 is 2.03 bits per heavy atom. The number of aromatic nitrogens is 2. The summed E-state index contributed by atoms with van der Waals surface area (Å²) in [6.45, 7) is 5.93. The molecule has 6 heteroatoms. The molecule has 1 aromatic carbocycles. The van der Waals surface area contributed by atoms with Gasteiger partial charge in [-0.25, -0.2) is 0 Å². The Hall–Kier alpha value is -3.12. The van der Waals surface area contributed by atoms with Crippen LogP contribution < -0.4 is 10.1 Å². The van der Waals surface area contributed by atoms with Crippen LogP contribution in [0.4, 0.5) is 0 Å². The third-order valence-corrected chi connectivity index (χ3v) is 6.03. The first kappa shape index (κ1) is 20.2. The molecule has 0 unspecified atom stereocenters. The topological polar surface area (TPSA) is 56.1 Å². The normalized spacial score (nSPS) is 11.0. The Morgan fingerprint density at radius 1 is 1.17 bits per heavy atom. The number of ether oxygens (including phenoxy) is 1. The molecule has 30 heavy (non-hydrogen) atoms. The van der Waals surface area contributed by atoms with E-state index in [1.54, 1.807) is 17.5 Å². The van der Waals surface area contributed by atoms with Crippen molar-refractivity contribution in [3.05, 3.63) is 81.9 Å². The molecular weight excluding hydrogens is 394 g/mol. The number of carbonyl (C=O) groups is 1. The molecule has 0 spiro atoms. The number of fused-ring (bicyclic) bond motifs is 1. The number of hydrogen-bond donors (Lipinski definition) is 1. The molecule has 0 saturated carbocycles. The fourth-order valence-electron chi connectivity index (χ4n) is 3.58. The van der Waals surface area contributed by atoms with Crippen LogP contribution in [0.1, 0.15) is 33.0 Å². The summed E-state index contributed by atoms with van der Waals surface area (Å²) in [7, 11) is 0. The van der Waals surface area contributed by atoms with Gasteiger partial charge >= 0.3 is 0 Å². The van der Waals surface area contributed by atoms with E-state index in [1.165, 1.54) is 4.88 Å². The predicted octanol–water partition coefficient (Wildman–Crippen LogP) is 4.96. The van der Waals surface area contributed by atoms with E-state index in [-0.39, 0.29) is 5.91 Å². The van der Waals surface area contributed by atoms with Gasteiger partial charge in [-0.05, 0) is 49.9 Å². The number of pyridine rings is 1. The number of amides is 1. The molecule has 0 atom stereocenters. The van der Waals surface area contributed by atoms with Crippen LogP contribution in [0.15, 0.2) is 60.1 Å². The molecule has 0 saturated heterocycles. The van der Waals surface area contributed by atoms with Crippen LogP contribution in [0.2, 0.25) is 0 Å². The number of benzene rings is 1. The number of hydrogen-bond acceptors (Lipinski definition) is 4. The maximum Gasteiger partial charge on any atom is 0.253 e. The standard InChI is InChI=1S/C24H25N3O2S/c1-17-15-21(18(2)27(17)16-20-9-5-14-30-20)24(28)26-12-6-13-29-22-10-3-7-19-8-4-11-25-23(19)22/h3-5,7-11,14-15H,6,12-13,16H2,1-2H3,(H,26,28). The van der Waals surface area contributed by atoms with Crippen LogP contribution in [0.25, 0.3) is 10.9 Å². The molecule has 4 rings (SSSR count). The van der Waals surface area contributed by atoms with Crippen molar-refractivity contribution in [3.63, 3.8) is 0 Å². The molecule has 4 aromatic rings. The first-order chi connectivity index (χ1) is 14.6. The van der Waals surface area contributed by atoms with E-state index >= 15 is 0 Å². The molecule has 1 amide bonds. The second-order valence-electron chi connectivity index (χ2n) is 7.24. The van der Waals surface area contributed by atoms with Gasteiger partial charge in [-0.2, -0.15) is 0 Å². The van der Waals surface area contributed by atoms with E-state index in [0.29, 0.717) is 13.2 Å². The SMILES string of the molecule is Cc1cc(C(=O)NCCCOc2cccc3cccnc23)c(C)n1Cc1cccs1. The van der Waals surface area contributed by atoms with Gasteiger partial charge in [-0.1, -0.05) is 24.3 Å². The van der Waals surface area contributed by atoms with Gasteiger partial charge < -0.3 is 14.6 Å². The second kappa shape index (κ2) is 9.13. The first-order valence-corrected chi connectivity index (χ1v) is 11.0. The van der Waals surface area contributed by atoms with Crippen LogP contribution in [0, 0.1) is 13.8 Å². The Bertz CT molecular complexity index is 1140. The molecule has 0 aliphatic heterocycles. The number of thiophene rings is 1. The summed E-state index contributed by atoms with van der Waals surface area (Å²) in [5, 5.41) is 6.15. The number of para-hydroxylation sites is 1. The molecule has 0 bridgehead atoms. The van der Waals surface area contributed by atoms with Crippen molar-refractivity contribution in [1.82, 2.24) is 14.9 Å². The minimum absolute atomic E-state index is 0.0349. The Labute approximate surface area is 180 Å². The zero-order valence-corrected chi connectivity index (χ0v) is 18.0. The Balaban J connectivity index is 1.30. The third-order valence-electron chi connectivity index (χ3n) is 5.17. The zero-order valence-electron chi connectivity index (χ0n) is 17.2. The third kappa shape index (κ3) is 4.39. The molecular formula is C24H25N3O2S. The van der Waals surface area contributed by atoms with Gasteiger partial charge in [0.2, 0.25) is 0 Å². The first-order valence-electron chi connectivity index (χ1n) is 10.1. The summed E-state index contributed by atoms with van der Waals surface area (Å²) in [6.07, 6.45) is 2.49. The lowest BCUT2D eigenvalue weighted by molar-refractivity contribution is 0.0951. The van der Waals surface area contributed by atoms with Crippen LogP contribution in [0.5, 0.6) is 5.75 Å². The van der Waals surface area contributed by atoms with E-state index in [1.807, 2.05) is 50.2 Å². The van der Waals surface area contributed by atoms with Crippen LogP contribution in [-0.4, -0.2) is 28.6 Å². The van der Waals surface area contributed by atoms with Gasteiger partial charge in [0.15, 0.2) is 0 Å². The van der Waals surface area contributed by atoms with Crippen molar-refractivity contribution in [2.75, 3.05) is 13.2 Å². The lowest BCUT2D eigenvalue weighted by atomic mass is 10.2. The quantitative estimate of drug-likeness (QED) is 0.411. The average Bonchev–Trinajstić information content (AvgIpc) is 3.37. The number of rotatable bonds is 8. The van der Waals surface area contributed by atoms with Crippen molar-refractivity contribution < 1.29 is 9.53 Å². The lowest BCUT2D eigenvalue weighted by Gasteiger charge is -2.10. The number of nitrogens with zero attached hydrogens (tertiary/aromatic N) is 2. The van der Waals surface area contributed by atoms with Crippen molar-refractivity contribution in [2.24, 2.45) is 0 Å². The summed E-state index contributed by atoms with van der Waals surface area (Å²) < 4.78 is 8.09. The molecule has 0 radical (unpaired) electrons. The highest BCUT2D eigenvalue weighted by molar-refractivity contribution is 7.09. The smallest absolute Gasteiger partial charge is 0.253 e. The maximum absolute atomic E-state index is 12.7. The van der Waals surface area contributed by atoms with Crippen LogP contribution in [-0.2, 0) is 6.54 Å². The van der Waals surface area contributed by atoms with Gasteiger partial charge in [-0.3, -0.25) is 9.78 Å². The highest BCUT2D eigenvalue weighted by Gasteiger charge is 2.15. The molecule has 0 aliphatic rings. The number of aryl methyl sites for hydroxylation is 1. The van der Waals surface area contributed by atoms with E-state index in [2.05, 4.69) is 32.4 Å². The highest BCUT2D eigenvalue weighted by Crippen LogP contribution is 2.23. The summed E-state index contributed by atoms with van der Waals surface area (Å²) in [5.41, 5.74) is 3.69. The fourth-order valence-corrected chi connectivity index (χ4v) is 4.27. The largest absolute Gasteiger partial charge is 0.491 e. The van der Waals surface area contributed by atoms with Gasteiger partial charge in [0.25, 0.3) is 5.91 Å². The van der Waals surface area contributed by atoms with Crippen molar-refractivity contribution >= 4 is 28.1 Å². The minimum atomic E-state index is -0.0349. The second-order valence-corrected chi connectivity index (χ2v) is 8.27. The molecule has 3 heterocycles. The summed E-state index contributed by atoms with van der Waals surface area (Å²) in [5.74, 6) is 0.740. The minimum Gasteiger partial charge on any atom is -0.491 e. The van der Waals surface area contributed by atoms with Gasteiger partial charge in [0.1, 0.15) is 11.3 Å². The van der Waals surface area contributed by atoms with E-state index < -0.39 is 0 Å². The predicted molar refractivity (Wildman–Crippen MR) is 122 cm³/mol. The zero-order chi connectivity index (χ0) is 20.9. The lowest BCUT2D eigenvalue weighted by Crippen LogP contribution is -2.26. The van der Waals surface area contributed by atoms with Crippen molar-refractivity contribution in [1.29, 1.82) is 0 Å². The summed E-state index contributed by atoms with van der Waals surface area (Å²) in [4.78, 5) is 18.3. The maximum atomic E-state index is 12.7. The van der Waals surface area contributed by atoms with E-state index in [0.717, 1.165) is 46.6 Å². The molecule has 0 fully saturated rings. The number of carbonyl (C=O) groups excluding carboxylic acids is 1. The van der Waals surface area contributed by atoms with Crippen LogP contribution >= 0.6 is 11.3 Å². The van der Waals surface area contributed by atoms with Gasteiger partial charge in [0.05, 0.1) is 18.7 Å². The highest BCUT2D eigenvalue weighted by atomic mass is 32.1. The summed E-state index contributed by atoms with van der Waals surface area (Å²) in [6, 6.07) is 16.0. The van der Waals surface area contributed by atoms with E-state index in [4.69, 9.17) is 4.74 Å². The fraction of sp³-hybridized carbons (Fsp3) is 0.250. The van der Waals surface area contributed by atoms with Gasteiger partial charge in [-0.15, -0.1) is 11.3 Å².